The number of rotatable bonds is 8. The van der Waals surface area contributed by atoms with E-state index in [2.05, 4.69) is 41.4 Å². The summed E-state index contributed by atoms with van der Waals surface area (Å²) in [6, 6.07) is 10.3. The minimum atomic E-state index is 0. The van der Waals surface area contributed by atoms with Crippen molar-refractivity contribution < 1.29 is 9.47 Å². The van der Waals surface area contributed by atoms with Crippen molar-refractivity contribution in [3.8, 4) is 0 Å². The lowest BCUT2D eigenvalue weighted by atomic mass is 9.87. The molecule has 2 aliphatic rings. The molecule has 2 heterocycles. The second-order valence-electron chi connectivity index (χ2n) is 7.46. The van der Waals surface area contributed by atoms with E-state index in [1.165, 1.54) is 18.4 Å². The number of aliphatic imine (C=N–C) groups is 1. The summed E-state index contributed by atoms with van der Waals surface area (Å²) in [6.45, 7) is 9.42. The van der Waals surface area contributed by atoms with Gasteiger partial charge in [0.1, 0.15) is 0 Å². The van der Waals surface area contributed by atoms with Crippen LogP contribution in [0.2, 0.25) is 0 Å². The van der Waals surface area contributed by atoms with Crippen LogP contribution in [0.1, 0.15) is 38.2 Å². The number of hydrogen-bond acceptors (Lipinski definition) is 3. The molecule has 1 aromatic carbocycles. The van der Waals surface area contributed by atoms with Crippen molar-refractivity contribution in [1.82, 2.24) is 10.2 Å². The number of hydrogen-bond donors (Lipinski definition) is 1. The first-order valence-electron chi connectivity index (χ1n) is 10.0. The van der Waals surface area contributed by atoms with Crippen LogP contribution in [0.5, 0.6) is 0 Å². The van der Waals surface area contributed by atoms with Gasteiger partial charge in [0, 0.05) is 44.8 Å². The summed E-state index contributed by atoms with van der Waals surface area (Å²) in [6.07, 6.45) is 4.53. The van der Waals surface area contributed by atoms with Gasteiger partial charge in [0.05, 0.1) is 13.2 Å². The van der Waals surface area contributed by atoms with E-state index in [9.17, 15) is 0 Å². The van der Waals surface area contributed by atoms with E-state index in [0.717, 1.165) is 64.8 Å². The SMILES string of the molecule is CCNC(=NCCCCOCc1ccccc1)N1CCC2(CCOC2)C1.I. The maximum atomic E-state index is 5.75. The van der Waals surface area contributed by atoms with Gasteiger partial charge in [-0.25, -0.2) is 0 Å². The molecule has 0 amide bonds. The Balaban J connectivity index is 0.00000261. The van der Waals surface area contributed by atoms with E-state index in [0.29, 0.717) is 12.0 Å². The van der Waals surface area contributed by atoms with Crippen LogP contribution in [-0.4, -0.2) is 56.9 Å². The van der Waals surface area contributed by atoms with Gasteiger partial charge in [-0.2, -0.15) is 0 Å². The van der Waals surface area contributed by atoms with E-state index in [4.69, 9.17) is 14.5 Å². The normalized spacial score (nSPS) is 22.3. The Labute approximate surface area is 180 Å². The zero-order valence-electron chi connectivity index (χ0n) is 16.5. The molecule has 1 atom stereocenters. The molecule has 2 saturated heterocycles. The molecule has 1 spiro atoms. The summed E-state index contributed by atoms with van der Waals surface area (Å²) in [7, 11) is 0. The average molecular weight is 487 g/mol. The van der Waals surface area contributed by atoms with E-state index in [1.807, 2.05) is 6.07 Å². The second-order valence-corrected chi connectivity index (χ2v) is 7.46. The van der Waals surface area contributed by atoms with Crippen LogP contribution in [0.3, 0.4) is 0 Å². The molecular weight excluding hydrogens is 453 g/mol. The highest BCUT2D eigenvalue weighted by Crippen LogP contribution is 2.38. The Morgan fingerprint density at radius 1 is 1.26 bits per heavy atom. The van der Waals surface area contributed by atoms with E-state index in [-0.39, 0.29) is 24.0 Å². The Morgan fingerprint density at radius 3 is 2.85 bits per heavy atom. The van der Waals surface area contributed by atoms with Gasteiger partial charge < -0.3 is 19.7 Å². The molecule has 152 valence electrons. The molecule has 0 saturated carbocycles. The van der Waals surface area contributed by atoms with Crippen molar-refractivity contribution >= 4 is 29.9 Å². The number of likely N-dealkylation sites (tertiary alicyclic amines) is 1. The molecule has 2 fully saturated rings. The molecule has 3 rings (SSSR count). The molecule has 0 aromatic heterocycles. The Kier molecular flexibility index (Phi) is 9.86. The van der Waals surface area contributed by atoms with Gasteiger partial charge in [-0.1, -0.05) is 30.3 Å². The highest BCUT2D eigenvalue weighted by molar-refractivity contribution is 14.0. The zero-order chi connectivity index (χ0) is 18.1. The lowest BCUT2D eigenvalue weighted by Gasteiger charge is -2.25. The summed E-state index contributed by atoms with van der Waals surface area (Å²) in [5, 5.41) is 3.46. The largest absolute Gasteiger partial charge is 0.381 e. The third-order valence-corrected chi connectivity index (χ3v) is 5.33. The molecule has 1 N–H and O–H groups in total. The van der Waals surface area contributed by atoms with Crippen molar-refractivity contribution in [2.24, 2.45) is 10.4 Å². The number of nitrogens with zero attached hydrogens (tertiary/aromatic N) is 2. The summed E-state index contributed by atoms with van der Waals surface area (Å²) in [4.78, 5) is 7.26. The van der Waals surface area contributed by atoms with Gasteiger partial charge >= 0.3 is 0 Å². The third kappa shape index (κ3) is 6.91. The summed E-state index contributed by atoms with van der Waals surface area (Å²) in [5.74, 6) is 1.07. The first-order valence-corrected chi connectivity index (χ1v) is 10.0. The lowest BCUT2D eigenvalue weighted by Crippen LogP contribution is -2.41. The van der Waals surface area contributed by atoms with Crippen LogP contribution >= 0.6 is 24.0 Å². The Bertz CT molecular complexity index is 562. The molecule has 27 heavy (non-hydrogen) atoms. The van der Waals surface area contributed by atoms with E-state index < -0.39 is 0 Å². The quantitative estimate of drug-likeness (QED) is 0.263. The maximum absolute atomic E-state index is 5.75. The highest BCUT2D eigenvalue weighted by Gasteiger charge is 2.42. The predicted molar refractivity (Wildman–Crippen MR) is 121 cm³/mol. The molecule has 5 nitrogen and oxygen atoms in total. The fourth-order valence-corrected chi connectivity index (χ4v) is 3.78. The van der Waals surface area contributed by atoms with Gasteiger partial charge in [-0.3, -0.25) is 4.99 Å². The fourth-order valence-electron chi connectivity index (χ4n) is 3.78. The van der Waals surface area contributed by atoms with Crippen LogP contribution in [0, 0.1) is 5.41 Å². The number of nitrogens with one attached hydrogen (secondary N) is 1. The number of halogens is 1. The fraction of sp³-hybridized carbons (Fsp3) is 0.667. The molecule has 6 heteroatoms. The molecule has 0 bridgehead atoms. The van der Waals surface area contributed by atoms with Crippen LogP contribution < -0.4 is 5.32 Å². The van der Waals surface area contributed by atoms with Gasteiger partial charge in [-0.05, 0) is 38.2 Å². The van der Waals surface area contributed by atoms with Crippen molar-refractivity contribution in [2.75, 3.05) is 46.0 Å². The second kappa shape index (κ2) is 11.9. The summed E-state index contributed by atoms with van der Waals surface area (Å²) in [5.41, 5.74) is 1.61. The number of guanidine groups is 1. The van der Waals surface area contributed by atoms with E-state index >= 15 is 0 Å². The Hall–Kier alpha value is -0.860. The monoisotopic (exact) mass is 487 g/mol. The lowest BCUT2D eigenvalue weighted by molar-refractivity contribution is 0.117. The van der Waals surface area contributed by atoms with E-state index in [1.54, 1.807) is 0 Å². The highest BCUT2D eigenvalue weighted by atomic mass is 127. The molecule has 1 unspecified atom stereocenters. The topological polar surface area (TPSA) is 46.1 Å². The van der Waals surface area contributed by atoms with Crippen LogP contribution in [0.4, 0.5) is 0 Å². The smallest absolute Gasteiger partial charge is 0.193 e. The molecule has 1 aromatic rings. The van der Waals surface area contributed by atoms with Crippen molar-refractivity contribution in [3.05, 3.63) is 35.9 Å². The van der Waals surface area contributed by atoms with Gasteiger partial charge in [0.2, 0.25) is 0 Å². The van der Waals surface area contributed by atoms with Gasteiger partial charge in [-0.15, -0.1) is 24.0 Å². The first-order chi connectivity index (χ1) is 12.8. The number of ether oxygens (including phenoxy) is 2. The average Bonchev–Trinajstić information content (AvgIpc) is 3.31. The number of unbranched alkanes of at least 4 members (excludes halogenated alkanes) is 1. The van der Waals surface area contributed by atoms with Crippen LogP contribution in [0.15, 0.2) is 35.3 Å². The minimum absolute atomic E-state index is 0. The van der Waals surface area contributed by atoms with Crippen LogP contribution in [0.25, 0.3) is 0 Å². The van der Waals surface area contributed by atoms with Gasteiger partial charge in [0.15, 0.2) is 5.96 Å². The zero-order valence-corrected chi connectivity index (χ0v) is 18.8. The summed E-state index contributed by atoms with van der Waals surface area (Å²) >= 11 is 0. The van der Waals surface area contributed by atoms with Crippen molar-refractivity contribution in [2.45, 2.75) is 39.2 Å². The number of benzene rings is 1. The maximum Gasteiger partial charge on any atom is 0.193 e. The molecule has 0 radical (unpaired) electrons. The molecule has 2 aliphatic heterocycles. The summed E-state index contributed by atoms with van der Waals surface area (Å²) < 4.78 is 11.4. The van der Waals surface area contributed by atoms with Crippen molar-refractivity contribution in [1.29, 1.82) is 0 Å². The van der Waals surface area contributed by atoms with Crippen molar-refractivity contribution in [3.63, 3.8) is 0 Å². The Morgan fingerprint density at radius 2 is 2.11 bits per heavy atom. The minimum Gasteiger partial charge on any atom is -0.381 e. The molecule has 0 aliphatic carbocycles. The van der Waals surface area contributed by atoms with Crippen LogP contribution in [-0.2, 0) is 16.1 Å². The first kappa shape index (κ1) is 22.4. The molecular formula is C21H34IN3O2. The standard InChI is InChI=1S/C21H33N3O2.HI/c1-2-22-20(24-13-10-21(17-24)11-15-26-18-21)23-12-6-7-14-25-16-19-8-4-3-5-9-19;/h3-5,8-9H,2,6-7,10-18H2,1H3,(H,22,23);1H. The third-order valence-electron chi connectivity index (χ3n) is 5.33. The predicted octanol–water partition coefficient (Wildman–Crippen LogP) is 3.68. The van der Waals surface area contributed by atoms with Gasteiger partial charge in [0.25, 0.3) is 0 Å².